The van der Waals surface area contributed by atoms with Gasteiger partial charge in [-0.05, 0) is 60.7 Å². The number of aromatic carboxylic acids is 1. The van der Waals surface area contributed by atoms with Gasteiger partial charge < -0.3 is 15.8 Å². The molecule has 4 nitrogen and oxygen atoms in total. The third kappa shape index (κ3) is 3.80. The van der Waals surface area contributed by atoms with Crippen LogP contribution >= 0.6 is 0 Å². The van der Waals surface area contributed by atoms with Gasteiger partial charge in [-0.2, -0.15) is 0 Å². The van der Waals surface area contributed by atoms with Crippen LogP contribution < -0.4 is 5.73 Å². The van der Waals surface area contributed by atoms with Crippen molar-refractivity contribution in [3.8, 4) is 22.4 Å². The Labute approximate surface area is 170 Å². The molecule has 0 fully saturated rings. The van der Waals surface area contributed by atoms with E-state index in [4.69, 9.17) is 5.73 Å². The summed E-state index contributed by atoms with van der Waals surface area (Å²) in [7, 11) is 0. The van der Waals surface area contributed by atoms with Gasteiger partial charge in [0.1, 0.15) is 0 Å². The Hall–Kier alpha value is -3.37. The first-order chi connectivity index (χ1) is 14.2. The average Bonchev–Trinajstić information content (AvgIpc) is 3.12. The maximum Gasteiger partial charge on any atom is 0.335 e. The van der Waals surface area contributed by atoms with Gasteiger partial charge in [0, 0.05) is 16.5 Å². The summed E-state index contributed by atoms with van der Waals surface area (Å²) in [5.41, 5.74) is 12.6. The maximum absolute atomic E-state index is 11.5. The lowest BCUT2D eigenvalue weighted by Gasteiger charge is -2.11. The van der Waals surface area contributed by atoms with Crippen LogP contribution in [0.25, 0.3) is 33.3 Å². The van der Waals surface area contributed by atoms with Crippen LogP contribution in [0.2, 0.25) is 0 Å². The molecule has 1 heterocycles. The van der Waals surface area contributed by atoms with Gasteiger partial charge in [-0.25, -0.2) is 4.79 Å². The molecule has 0 spiro atoms. The minimum absolute atomic E-state index is 0.305. The molecule has 4 rings (SSSR count). The number of nitrogens with two attached hydrogens (primary N) is 1. The number of hydrogen-bond donors (Lipinski definition) is 3. The number of H-pyrrole nitrogens is 1. The van der Waals surface area contributed by atoms with Crippen molar-refractivity contribution in [3.05, 3.63) is 83.9 Å². The molecule has 1 aromatic heterocycles. The number of hydrogen-bond acceptors (Lipinski definition) is 2. The number of aromatic nitrogens is 1. The van der Waals surface area contributed by atoms with E-state index in [1.54, 1.807) is 12.1 Å². The van der Waals surface area contributed by atoms with Crippen LogP contribution in [0.1, 0.15) is 28.8 Å². The molecule has 0 bridgehead atoms. The van der Waals surface area contributed by atoms with E-state index in [2.05, 4.69) is 29.2 Å². The van der Waals surface area contributed by atoms with Crippen molar-refractivity contribution < 1.29 is 9.90 Å². The summed E-state index contributed by atoms with van der Waals surface area (Å²) in [6, 6.07) is 23.9. The quantitative estimate of drug-likeness (QED) is 0.369. The number of nitrogens with one attached hydrogen (secondary N) is 1. The number of rotatable bonds is 7. The topological polar surface area (TPSA) is 79.1 Å². The van der Waals surface area contributed by atoms with Gasteiger partial charge in [-0.3, -0.25) is 0 Å². The Kier molecular flexibility index (Phi) is 5.45. The minimum Gasteiger partial charge on any atom is -0.478 e. The highest BCUT2D eigenvalue weighted by atomic mass is 16.4. The van der Waals surface area contributed by atoms with Gasteiger partial charge in [0.05, 0.1) is 11.3 Å². The Morgan fingerprint density at radius 3 is 2.34 bits per heavy atom. The first-order valence-corrected chi connectivity index (χ1v) is 9.92. The molecular formula is C25H24N2O2. The normalized spacial score (nSPS) is 11.1. The minimum atomic E-state index is -0.910. The van der Waals surface area contributed by atoms with Gasteiger partial charge in [-0.15, -0.1) is 0 Å². The van der Waals surface area contributed by atoms with Gasteiger partial charge in [0.15, 0.2) is 0 Å². The lowest BCUT2D eigenvalue weighted by Crippen LogP contribution is -2.00. The summed E-state index contributed by atoms with van der Waals surface area (Å²) >= 11 is 0. The molecule has 4 aromatic rings. The highest BCUT2D eigenvalue weighted by Gasteiger charge is 2.17. The molecular weight excluding hydrogens is 360 g/mol. The zero-order chi connectivity index (χ0) is 20.2. The molecule has 0 saturated carbocycles. The van der Waals surface area contributed by atoms with E-state index in [1.165, 1.54) is 0 Å². The number of aryl methyl sites for hydroxylation is 1. The summed E-state index contributed by atoms with van der Waals surface area (Å²) in [5.74, 6) is -0.910. The van der Waals surface area contributed by atoms with E-state index in [0.717, 1.165) is 58.1 Å². The van der Waals surface area contributed by atoms with Gasteiger partial charge >= 0.3 is 5.97 Å². The Morgan fingerprint density at radius 2 is 1.62 bits per heavy atom. The summed E-state index contributed by atoms with van der Waals surface area (Å²) in [5, 5.41) is 10.4. The van der Waals surface area contributed by atoms with Crippen LogP contribution in [-0.4, -0.2) is 22.6 Å². The largest absolute Gasteiger partial charge is 0.478 e. The number of aromatic amines is 1. The Balaban J connectivity index is 1.92. The van der Waals surface area contributed by atoms with E-state index in [0.29, 0.717) is 12.1 Å². The molecule has 0 aliphatic rings. The summed E-state index contributed by atoms with van der Waals surface area (Å²) in [4.78, 5) is 15.1. The fraction of sp³-hybridized carbons (Fsp3) is 0.160. The highest BCUT2D eigenvalue weighted by molar-refractivity contribution is 5.99. The number of carbonyl (C=O) groups is 1. The van der Waals surface area contributed by atoms with Crippen molar-refractivity contribution >= 4 is 16.9 Å². The van der Waals surface area contributed by atoms with Crippen LogP contribution in [0, 0.1) is 0 Å². The number of carboxylic acid groups (broad SMARTS) is 1. The monoisotopic (exact) mass is 384 g/mol. The predicted octanol–water partition coefficient (Wildman–Crippen LogP) is 5.48. The van der Waals surface area contributed by atoms with E-state index in [9.17, 15) is 9.90 Å². The van der Waals surface area contributed by atoms with Crippen LogP contribution in [0.4, 0.5) is 0 Å². The molecule has 0 radical (unpaired) electrons. The SMILES string of the molecule is NCCCCc1c(-c2ccccc2-c2ccccc2)[nH]c2ccc(C(=O)O)cc12. The zero-order valence-electron chi connectivity index (χ0n) is 16.2. The second-order valence-electron chi connectivity index (χ2n) is 7.20. The average molecular weight is 384 g/mol. The van der Waals surface area contributed by atoms with E-state index in [-0.39, 0.29) is 0 Å². The zero-order valence-corrected chi connectivity index (χ0v) is 16.2. The van der Waals surface area contributed by atoms with E-state index >= 15 is 0 Å². The molecule has 4 N–H and O–H groups in total. The highest BCUT2D eigenvalue weighted by Crippen LogP contribution is 2.37. The van der Waals surface area contributed by atoms with Gasteiger partial charge in [0.2, 0.25) is 0 Å². The summed E-state index contributed by atoms with van der Waals surface area (Å²) in [6.07, 6.45) is 2.74. The van der Waals surface area contributed by atoms with Gasteiger partial charge in [-0.1, -0.05) is 54.6 Å². The van der Waals surface area contributed by atoms with Crippen LogP contribution in [0.5, 0.6) is 0 Å². The molecule has 3 aromatic carbocycles. The number of benzene rings is 3. The maximum atomic E-state index is 11.5. The summed E-state index contributed by atoms with van der Waals surface area (Å²) in [6.45, 7) is 0.651. The third-order valence-corrected chi connectivity index (χ3v) is 5.32. The lowest BCUT2D eigenvalue weighted by atomic mass is 9.93. The van der Waals surface area contributed by atoms with Crippen LogP contribution in [-0.2, 0) is 6.42 Å². The van der Waals surface area contributed by atoms with E-state index < -0.39 is 5.97 Å². The second kappa shape index (κ2) is 8.33. The van der Waals surface area contributed by atoms with Crippen molar-refractivity contribution in [2.75, 3.05) is 6.54 Å². The second-order valence-corrected chi connectivity index (χ2v) is 7.20. The molecule has 0 saturated heterocycles. The van der Waals surface area contributed by atoms with Crippen molar-refractivity contribution in [1.82, 2.24) is 4.98 Å². The molecule has 0 unspecified atom stereocenters. The molecule has 0 aliphatic heterocycles. The van der Waals surface area contributed by atoms with Crippen molar-refractivity contribution in [2.45, 2.75) is 19.3 Å². The van der Waals surface area contributed by atoms with Crippen molar-refractivity contribution in [1.29, 1.82) is 0 Å². The molecule has 4 heteroatoms. The number of carboxylic acids is 1. The third-order valence-electron chi connectivity index (χ3n) is 5.32. The first kappa shape index (κ1) is 19.0. The molecule has 0 aliphatic carbocycles. The van der Waals surface area contributed by atoms with Crippen LogP contribution in [0.3, 0.4) is 0 Å². The fourth-order valence-electron chi connectivity index (χ4n) is 3.89. The van der Waals surface area contributed by atoms with Crippen molar-refractivity contribution in [2.24, 2.45) is 5.73 Å². The smallest absolute Gasteiger partial charge is 0.335 e. The number of fused-ring (bicyclic) bond motifs is 1. The Morgan fingerprint density at radius 1 is 0.897 bits per heavy atom. The summed E-state index contributed by atoms with van der Waals surface area (Å²) < 4.78 is 0. The van der Waals surface area contributed by atoms with Crippen molar-refractivity contribution in [3.63, 3.8) is 0 Å². The van der Waals surface area contributed by atoms with Crippen LogP contribution in [0.15, 0.2) is 72.8 Å². The first-order valence-electron chi connectivity index (χ1n) is 9.92. The van der Waals surface area contributed by atoms with E-state index in [1.807, 2.05) is 36.4 Å². The number of unbranched alkanes of at least 4 members (excludes halogenated alkanes) is 1. The van der Waals surface area contributed by atoms with Gasteiger partial charge in [0.25, 0.3) is 0 Å². The standard InChI is InChI=1S/C25H24N2O2/c26-15-7-6-12-21-22-16-18(25(28)29)13-14-23(22)27-24(21)20-11-5-4-10-19(20)17-8-2-1-3-9-17/h1-5,8-11,13-14,16,27H,6-7,12,15,26H2,(H,28,29). The fourth-order valence-corrected chi connectivity index (χ4v) is 3.89. The predicted molar refractivity (Wildman–Crippen MR) is 118 cm³/mol. The Bertz CT molecular complexity index is 1150. The molecule has 0 atom stereocenters. The molecule has 29 heavy (non-hydrogen) atoms. The molecule has 146 valence electrons. The lowest BCUT2D eigenvalue weighted by molar-refractivity contribution is 0.0697. The molecule has 0 amide bonds.